The largest absolute Gasteiger partial charge is 0.300 e. The van der Waals surface area contributed by atoms with Crippen LogP contribution in [0.15, 0.2) is 67.0 Å². The average Bonchev–Trinajstić information content (AvgIpc) is 2.69. The summed E-state index contributed by atoms with van der Waals surface area (Å²) in [7, 11) is 0. The molecule has 2 aromatic heterocycles. The molecule has 4 heteroatoms. The fraction of sp³-hybridized carbons (Fsp3) is 0.130. The standard InChI is InChI=1S/C23H20N4/c1-16-10-11-19-8-5-6-9-21(19)27(16)23-15-20(24-4)14-22(17(23)2)26-13-7-12-25-18(26)3/h5-15H,1-3H3/q+2. The summed E-state index contributed by atoms with van der Waals surface area (Å²) in [6.45, 7) is 13.8. The second-order valence-electron chi connectivity index (χ2n) is 6.63. The number of hydrogen-bond acceptors (Lipinski definition) is 1. The highest BCUT2D eigenvalue weighted by Crippen LogP contribution is 2.25. The van der Waals surface area contributed by atoms with Crippen molar-refractivity contribution in [2.75, 3.05) is 0 Å². The van der Waals surface area contributed by atoms with E-state index >= 15 is 0 Å². The Bertz CT molecular complexity index is 1220. The maximum Gasteiger partial charge on any atom is 0.300 e. The number of hydrogen-bond donors (Lipinski definition) is 0. The summed E-state index contributed by atoms with van der Waals surface area (Å²) < 4.78 is 4.27. The van der Waals surface area contributed by atoms with Gasteiger partial charge in [-0.15, -0.1) is 0 Å². The van der Waals surface area contributed by atoms with Crippen molar-refractivity contribution in [2.24, 2.45) is 0 Å². The molecule has 0 aliphatic carbocycles. The summed E-state index contributed by atoms with van der Waals surface area (Å²) >= 11 is 0. The Labute approximate surface area is 158 Å². The first-order chi connectivity index (χ1) is 13.1. The minimum atomic E-state index is 0.612. The zero-order valence-corrected chi connectivity index (χ0v) is 15.6. The SMILES string of the molecule is [C-]#[N+]c1cc(-[n+]2cccnc2C)c(C)c(-[n+]2c(C)ccc3ccccc32)c1. The topological polar surface area (TPSA) is 25.0 Å². The highest BCUT2D eigenvalue weighted by Gasteiger charge is 2.24. The van der Waals surface area contributed by atoms with Gasteiger partial charge in [0.2, 0.25) is 11.2 Å². The molecule has 0 radical (unpaired) electrons. The molecule has 27 heavy (non-hydrogen) atoms. The Kier molecular flexibility index (Phi) is 4.13. The van der Waals surface area contributed by atoms with Crippen molar-refractivity contribution in [3.05, 3.63) is 95.5 Å². The molecule has 0 unspecified atom stereocenters. The van der Waals surface area contributed by atoms with Gasteiger partial charge in [0, 0.05) is 43.5 Å². The molecular formula is C23H20N4+2. The number of nitrogens with zero attached hydrogens (tertiary/aromatic N) is 4. The minimum Gasteiger partial charge on any atom is -0.238 e. The Balaban J connectivity index is 2.10. The van der Waals surface area contributed by atoms with Crippen molar-refractivity contribution in [1.29, 1.82) is 0 Å². The highest BCUT2D eigenvalue weighted by atomic mass is 15.1. The number of fused-ring (bicyclic) bond motifs is 1. The van der Waals surface area contributed by atoms with Crippen LogP contribution in [0.1, 0.15) is 17.1 Å². The Morgan fingerprint density at radius 2 is 1.70 bits per heavy atom. The van der Waals surface area contributed by atoms with Gasteiger partial charge in [-0.3, -0.25) is 0 Å². The van der Waals surface area contributed by atoms with Crippen molar-refractivity contribution in [2.45, 2.75) is 20.8 Å². The van der Waals surface area contributed by atoms with E-state index in [1.165, 1.54) is 5.39 Å². The van der Waals surface area contributed by atoms with Gasteiger partial charge >= 0.3 is 0 Å². The van der Waals surface area contributed by atoms with Gasteiger partial charge < -0.3 is 0 Å². The molecule has 130 valence electrons. The van der Waals surface area contributed by atoms with Crippen LogP contribution in [0.5, 0.6) is 0 Å². The van der Waals surface area contributed by atoms with Crippen LogP contribution < -0.4 is 9.13 Å². The van der Waals surface area contributed by atoms with E-state index in [-0.39, 0.29) is 0 Å². The number of para-hydroxylation sites is 1. The lowest BCUT2D eigenvalue weighted by atomic mass is 10.1. The first-order valence-corrected chi connectivity index (χ1v) is 8.86. The van der Waals surface area contributed by atoms with E-state index in [9.17, 15) is 0 Å². The van der Waals surface area contributed by atoms with Gasteiger partial charge in [0.25, 0.3) is 5.82 Å². The number of rotatable bonds is 2. The van der Waals surface area contributed by atoms with Gasteiger partial charge in [-0.25, -0.2) is 9.41 Å². The Hall–Kier alpha value is -3.58. The first-order valence-electron chi connectivity index (χ1n) is 8.86. The molecule has 0 N–H and O–H groups in total. The minimum absolute atomic E-state index is 0.612. The lowest BCUT2D eigenvalue weighted by molar-refractivity contribution is -0.609. The molecule has 0 bridgehead atoms. The lowest BCUT2D eigenvalue weighted by Gasteiger charge is -2.11. The molecule has 0 saturated carbocycles. The molecule has 0 fully saturated rings. The third kappa shape index (κ3) is 2.84. The zero-order valence-electron chi connectivity index (χ0n) is 15.6. The molecule has 2 heterocycles. The zero-order chi connectivity index (χ0) is 19.0. The molecule has 0 aliphatic rings. The normalized spacial score (nSPS) is 10.7. The van der Waals surface area contributed by atoms with Gasteiger partial charge in [0.15, 0.2) is 11.4 Å². The van der Waals surface area contributed by atoms with Crippen LogP contribution in [0.4, 0.5) is 5.69 Å². The number of aryl methyl sites for hydroxylation is 2. The highest BCUT2D eigenvalue weighted by molar-refractivity contribution is 5.76. The molecule has 0 atom stereocenters. The number of benzene rings is 2. The molecule has 0 amide bonds. The van der Waals surface area contributed by atoms with E-state index in [4.69, 9.17) is 6.57 Å². The maximum absolute atomic E-state index is 7.59. The second-order valence-corrected chi connectivity index (χ2v) is 6.63. The number of aromatic nitrogens is 3. The molecule has 4 nitrogen and oxygen atoms in total. The van der Waals surface area contributed by atoms with Crippen LogP contribution in [0.3, 0.4) is 0 Å². The van der Waals surface area contributed by atoms with Crippen molar-refractivity contribution >= 4 is 16.6 Å². The van der Waals surface area contributed by atoms with E-state index < -0.39 is 0 Å². The maximum atomic E-state index is 7.59. The van der Waals surface area contributed by atoms with Crippen molar-refractivity contribution in [3.63, 3.8) is 0 Å². The molecular weight excluding hydrogens is 332 g/mol. The molecule has 4 rings (SSSR count). The predicted octanol–water partition coefficient (Wildman–Crippen LogP) is 4.26. The van der Waals surface area contributed by atoms with Crippen molar-refractivity contribution in [1.82, 2.24) is 4.98 Å². The van der Waals surface area contributed by atoms with Crippen LogP contribution in [0.2, 0.25) is 0 Å². The fourth-order valence-electron chi connectivity index (χ4n) is 3.54. The average molecular weight is 352 g/mol. The third-order valence-electron chi connectivity index (χ3n) is 4.93. The monoisotopic (exact) mass is 352 g/mol. The molecule has 0 saturated heterocycles. The summed E-state index contributed by atoms with van der Waals surface area (Å²) in [4.78, 5) is 8.13. The van der Waals surface area contributed by atoms with Gasteiger partial charge in [-0.05, 0) is 25.1 Å². The van der Waals surface area contributed by atoms with Gasteiger partial charge in [0.05, 0.1) is 12.1 Å². The van der Waals surface area contributed by atoms with Crippen LogP contribution in [-0.2, 0) is 0 Å². The molecule has 0 spiro atoms. The summed E-state index contributed by atoms with van der Waals surface area (Å²) in [5.74, 6) is 0.883. The van der Waals surface area contributed by atoms with Crippen LogP contribution in [0, 0.1) is 27.3 Å². The second kappa shape index (κ2) is 6.62. The number of pyridine rings is 1. The smallest absolute Gasteiger partial charge is 0.238 e. The summed E-state index contributed by atoms with van der Waals surface area (Å²) in [5.41, 5.74) is 5.96. The van der Waals surface area contributed by atoms with Gasteiger partial charge in [-0.2, -0.15) is 4.57 Å². The fourth-order valence-corrected chi connectivity index (χ4v) is 3.54. The quantitative estimate of drug-likeness (QED) is 0.391. The summed E-state index contributed by atoms with van der Waals surface area (Å²) in [6, 6.07) is 18.4. The first kappa shape index (κ1) is 16.9. The predicted molar refractivity (Wildman–Crippen MR) is 105 cm³/mol. The van der Waals surface area contributed by atoms with Crippen LogP contribution in [-0.4, -0.2) is 4.98 Å². The van der Waals surface area contributed by atoms with E-state index in [2.05, 4.69) is 52.5 Å². The van der Waals surface area contributed by atoms with Crippen molar-refractivity contribution < 1.29 is 9.13 Å². The molecule has 0 aliphatic heterocycles. The van der Waals surface area contributed by atoms with Crippen LogP contribution in [0.25, 0.3) is 27.1 Å². The van der Waals surface area contributed by atoms with E-state index in [0.29, 0.717) is 5.69 Å². The summed E-state index contributed by atoms with van der Waals surface area (Å²) in [6.07, 6.45) is 3.77. The lowest BCUT2D eigenvalue weighted by Crippen LogP contribution is -2.40. The molecule has 4 aromatic rings. The van der Waals surface area contributed by atoms with E-state index in [0.717, 1.165) is 34.0 Å². The molecule has 2 aromatic carbocycles. The van der Waals surface area contributed by atoms with E-state index in [1.54, 1.807) is 6.20 Å². The van der Waals surface area contributed by atoms with Crippen LogP contribution >= 0.6 is 0 Å². The Morgan fingerprint density at radius 3 is 2.48 bits per heavy atom. The Morgan fingerprint density at radius 1 is 0.926 bits per heavy atom. The summed E-state index contributed by atoms with van der Waals surface area (Å²) in [5, 5.41) is 1.17. The van der Waals surface area contributed by atoms with Gasteiger partial charge in [-0.1, -0.05) is 17.1 Å². The van der Waals surface area contributed by atoms with Gasteiger partial charge in [0.1, 0.15) is 18.1 Å². The van der Waals surface area contributed by atoms with E-state index in [1.807, 2.05) is 48.0 Å². The third-order valence-corrected chi connectivity index (χ3v) is 4.93. The van der Waals surface area contributed by atoms with Crippen molar-refractivity contribution in [3.8, 4) is 11.4 Å².